The molecule has 0 aromatic heterocycles. The third-order valence-corrected chi connectivity index (χ3v) is 3.82. The fourth-order valence-electron chi connectivity index (χ4n) is 2.54. The van der Waals surface area contributed by atoms with E-state index in [1.54, 1.807) is 24.3 Å². The van der Waals surface area contributed by atoms with E-state index in [1.165, 1.54) is 12.8 Å². The number of urea groups is 1. The maximum absolute atomic E-state index is 11.8. The molecule has 20 heavy (non-hydrogen) atoms. The Morgan fingerprint density at radius 1 is 1.40 bits per heavy atom. The number of halogens is 1. The number of carbonyl (C=O) groups is 1. The number of benzene rings is 1. The molecular weight excluding hydrogens is 274 g/mol. The Bertz CT molecular complexity index is 435. The first kappa shape index (κ1) is 15.1. The predicted molar refractivity (Wildman–Crippen MR) is 83.3 cm³/mol. The summed E-state index contributed by atoms with van der Waals surface area (Å²) in [6.45, 7) is 6.34. The van der Waals surface area contributed by atoms with E-state index >= 15 is 0 Å². The van der Waals surface area contributed by atoms with Crippen LogP contribution in [0.4, 0.5) is 10.5 Å². The zero-order valence-electron chi connectivity index (χ0n) is 11.9. The van der Waals surface area contributed by atoms with Gasteiger partial charge in [-0.3, -0.25) is 0 Å². The lowest BCUT2D eigenvalue weighted by molar-refractivity contribution is 0.249. The van der Waals surface area contributed by atoms with Crippen molar-refractivity contribution in [2.24, 2.45) is 5.92 Å². The standard InChI is InChI=1S/C15H22ClN3O/c1-2-8-19-9-7-12(11-19)10-17-15(20)18-14-5-3-13(16)4-6-14/h3-6,12H,2,7-11H2,1H3,(H2,17,18,20)/t12-/m1/s1. The van der Waals surface area contributed by atoms with Crippen LogP contribution in [0, 0.1) is 5.92 Å². The Morgan fingerprint density at radius 2 is 2.15 bits per heavy atom. The molecule has 1 saturated heterocycles. The van der Waals surface area contributed by atoms with Gasteiger partial charge in [0.1, 0.15) is 0 Å². The minimum absolute atomic E-state index is 0.152. The molecule has 0 unspecified atom stereocenters. The molecule has 110 valence electrons. The summed E-state index contributed by atoms with van der Waals surface area (Å²) < 4.78 is 0. The van der Waals surface area contributed by atoms with Gasteiger partial charge in [0.2, 0.25) is 0 Å². The largest absolute Gasteiger partial charge is 0.338 e. The summed E-state index contributed by atoms with van der Waals surface area (Å²) in [6.07, 6.45) is 2.36. The third kappa shape index (κ3) is 4.69. The second kappa shape index (κ2) is 7.50. The molecule has 0 bridgehead atoms. The molecule has 1 atom stereocenters. The van der Waals surface area contributed by atoms with Crippen LogP contribution in [0.15, 0.2) is 24.3 Å². The van der Waals surface area contributed by atoms with Crippen molar-refractivity contribution in [2.75, 3.05) is 31.5 Å². The summed E-state index contributed by atoms with van der Waals surface area (Å²) in [7, 11) is 0. The Balaban J connectivity index is 1.69. The van der Waals surface area contributed by atoms with E-state index in [0.717, 1.165) is 31.9 Å². The van der Waals surface area contributed by atoms with Gasteiger partial charge in [0.05, 0.1) is 0 Å². The molecule has 2 rings (SSSR count). The Morgan fingerprint density at radius 3 is 2.85 bits per heavy atom. The average molecular weight is 296 g/mol. The summed E-state index contributed by atoms with van der Waals surface area (Å²) in [5.74, 6) is 0.567. The first-order valence-corrected chi connectivity index (χ1v) is 7.58. The number of hydrogen-bond acceptors (Lipinski definition) is 2. The molecule has 0 aliphatic carbocycles. The van der Waals surface area contributed by atoms with Gasteiger partial charge < -0.3 is 15.5 Å². The second-order valence-electron chi connectivity index (χ2n) is 5.30. The molecule has 0 spiro atoms. The molecule has 2 N–H and O–H groups in total. The molecule has 1 aliphatic rings. The van der Waals surface area contributed by atoms with Crippen molar-refractivity contribution in [3.05, 3.63) is 29.3 Å². The fraction of sp³-hybridized carbons (Fsp3) is 0.533. The van der Waals surface area contributed by atoms with Crippen LogP contribution in [0.3, 0.4) is 0 Å². The molecule has 1 heterocycles. The molecule has 1 aromatic carbocycles. The molecule has 5 heteroatoms. The number of likely N-dealkylation sites (tertiary alicyclic amines) is 1. The average Bonchev–Trinajstić information content (AvgIpc) is 2.87. The van der Waals surface area contributed by atoms with Crippen LogP contribution < -0.4 is 10.6 Å². The normalized spacial score (nSPS) is 19.0. The van der Waals surface area contributed by atoms with E-state index in [2.05, 4.69) is 22.5 Å². The summed E-state index contributed by atoms with van der Waals surface area (Å²) in [5.41, 5.74) is 0.755. The first-order valence-electron chi connectivity index (χ1n) is 7.20. The monoisotopic (exact) mass is 295 g/mol. The summed E-state index contributed by atoms with van der Waals surface area (Å²) >= 11 is 5.80. The van der Waals surface area contributed by atoms with Crippen molar-refractivity contribution in [3.8, 4) is 0 Å². The number of hydrogen-bond donors (Lipinski definition) is 2. The van der Waals surface area contributed by atoms with Gasteiger partial charge in [0.25, 0.3) is 0 Å². The van der Waals surface area contributed by atoms with Crippen molar-refractivity contribution in [3.63, 3.8) is 0 Å². The highest BCUT2D eigenvalue weighted by Gasteiger charge is 2.21. The van der Waals surface area contributed by atoms with E-state index in [4.69, 9.17) is 11.6 Å². The van der Waals surface area contributed by atoms with Gasteiger partial charge in [-0.2, -0.15) is 0 Å². The van der Waals surface area contributed by atoms with Crippen molar-refractivity contribution < 1.29 is 4.79 Å². The molecule has 4 nitrogen and oxygen atoms in total. The van der Waals surface area contributed by atoms with Gasteiger partial charge >= 0.3 is 6.03 Å². The van der Waals surface area contributed by atoms with Gasteiger partial charge in [-0.05, 0) is 56.1 Å². The second-order valence-corrected chi connectivity index (χ2v) is 5.73. The van der Waals surface area contributed by atoms with Gasteiger partial charge in [0.15, 0.2) is 0 Å². The Labute approximate surface area is 125 Å². The maximum atomic E-state index is 11.8. The highest BCUT2D eigenvalue weighted by atomic mass is 35.5. The minimum atomic E-state index is -0.152. The number of nitrogens with zero attached hydrogens (tertiary/aromatic N) is 1. The molecule has 1 aromatic rings. The van der Waals surface area contributed by atoms with E-state index in [9.17, 15) is 4.79 Å². The van der Waals surface area contributed by atoms with Gasteiger partial charge in [0, 0.05) is 23.8 Å². The van der Waals surface area contributed by atoms with E-state index in [0.29, 0.717) is 10.9 Å². The zero-order chi connectivity index (χ0) is 14.4. The van der Waals surface area contributed by atoms with Crippen LogP contribution in [0.5, 0.6) is 0 Å². The maximum Gasteiger partial charge on any atom is 0.319 e. The zero-order valence-corrected chi connectivity index (χ0v) is 12.6. The summed E-state index contributed by atoms with van der Waals surface area (Å²) in [5, 5.41) is 6.41. The van der Waals surface area contributed by atoms with Crippen molar-refractivity contribution >= 4 is 23.3 Å². The highest BCUT2D eigenvalue weighted by molar-refractivity contribution is 6.30. The Kier molecular flexibility index (Phi) is 5.68. The van der Waals surface area contributed by atoms with Crippen LogP contribution in [0.25, 0.3) is 0 Å². The van der Waals surface area contributed by atoms with Crippen LogP contribution in [0.1, 0.15) is 19.8 Å². The van der Waals surface area contributed by atoms with Gasteiger partial charge in [-0.1, -0.05) is 18.5 Å². The molecule has 0 saturated carbocycles. The highest BCUT2D eigenvalue weighted by Crippen LogP contribution is 2.16. The van der Waals surface area contributed by atoms with Crippen molar-refractivity contribution in [1.29, 1.82) is 0 Å². The number of amides is 2. The lowest BCUT2D eigenvalue weighted by atomic mass is 10.1. The van der Waals surface area contributed by atoms with Crippen LogP contribution >= 0.6 is 11.6 Å². The van der Waals surface area contributed by atoms with E-state index in [1.807, 2.05) is 0 Å². The number of anilines is 1. The topological polar surface area (TPSA) is 44.4 Å². The smallest absolute Gasteiger partial charge is 0.319 e. The van der Waals surface area contributed by atoms with Crippen LogP contribution in [0.2, 0.25) is 5.02 Å². The number of rotatable bonds is 5. The predicted octanol–water partition coefficient (Wildman–Crippen LogP) is 3.19. The molecule has 1 fully saturated rings. The first-order chi connectivity index (χ1) is 9.67. The van der Waals surface area contributed by atoms with Crippen LogP contribution in [-0.2, 0) is 0 Å². The van der Waals surface area contributed by atoms with Gasteiger partial charge in [-0.25, -0.2) is 4.79 Å². The fourth-order valence-corrected chi connectivity index (χ4v) is 2.67. The molecular formula is C15H22ClN3O. The van der Waals surface area contributed by atoms with E-state index in [-0.39, 0.29) is 6.03 Å². The van der Waals surface area contributed by atoms with Gasteiger partial charge in [-0.15, -0.1) is 0 Å². The number of nitrogens with one attached hydrogen (secondary N) is 2. The summed E-state index contributed by atoms with van der Waals surface area (Å²) in [4.78, 5) is 14.3. The van der Waals surface area contributed by atoms with E-state index < -0.39 is 0 Å². The quantitative estimate of drug-likeness (QED) is 0.876. The lowest BCUT2D eigenvalue weighted by Crippen LogP contribution is -2.34. The van der Waals surface area contributed by atoms with Crippen molar-refractivity contribution in [1.82, 2.24) is 10.2 Å². The minimum Gasteiger partial charge on any atom is -0.338 e. The van der Waals surface area contributed by atoms with Crippen LogP contribution in [-0.4, -0.2) is 37.1 Å². The summed E-state index contributed by atoms with van der Waals surface area (Å²) in [6, 6.07) is 6.95. The lowest BCUT2D eigenvalue weighted by Gasteiger charge is -2.15. The third-order valence-electron chi connectivity index (χ3n) is 3.56. The Hall–Kier alpha value is -1.26. The SMILES string of the molecule is CCCN1CC[C@H](CNC(=O)Nc2ccc(Cl)cc2)C1. The number of carbonyl (C=O) groups excluding carboxylic acids is 1. The molecule has 2 amide bonds. The molecule has 0 radical (unpaired) electrons. The van der Waals surface area contributed by atoms with Crippen molar-refractivity contribution in [2.45, 2.75) is 19.8 Å². The molecule has 1 aliphatic heterocycles.